The zero-order valence-electron chi connectivity index (χ0n) is 13.9. The van der Waals surface area contributed by atoms with Crippen LogP contribution in [0, 0.1) is 0 Å². The van der Waals surface area contributed by atoms with Crippen LogP contribution in [0.5, 0.6) is 0 Å². The molecule has 0 bridgehead atoms. The van der Waals surface area contributed by atoms with Gasteiger partial charge in [0.15, 0.2) is 0 Å². The molecule has 1 saturated heterocycles. The maximum Gasteiger partial charge on any atom is 0.305 e. The number of hydrogen-bond donors (Lipinski definition) is 3. The summed E-state index contributed by atoms with van der Waals surface area (Å²) in [5.74, 6) is -1.06. The van der Waals surface area contributed by atoms with Crippen LogP contribution >= 0.6 is 0 Å². The first kappa shape index (κ1) is 19.9. The Labute approximate surface area is 138 Å². The van der Waals surface area contributed by atoms with Crippen molar-refractivity contribution in [3.8, 4) is 0 Å². The van der Waals surface area contributed by atoms with Crippen LogP contribution in [0.15, 0.2) is 24.3 Å². The van der Waals surface area contributed by atoms with Gasteiger partial charge >= 0.3 is 5.97 Å². The average molecular weight is 326 g/mol. The molecule has 3 N–H and O–H groups in total. The maximum absolute atomic E-state index is 10.4. The Kier molecular flexibility index (Phi) is 9.83. The molecule has 0 aliphatic carbocycles. The van der Waals surface area contributed by atoms with E-state index in [0.717, 1.165) is 19.3 Å². The largest absolute Gasteiger partial charge is 0.481 e. The second kappa shape index (κ2) is 11.4. The summed E-state index contributed by atoms with van der Waals surface area (Å²) in [5, 5.41) is 27.6. The van der Waals surface area contributed by atoms with Crippen LogP contribution in [0.3, 0.4) is 0 Å². The number of rotatable bonds is 10. The molecule has 23 heavy (non-hydrogen) atoms. The third kappa shape index (κ3) is 10.3. The van der Waals surface area contributed by atoms with Crippen molar-refractivity contribution >= 4 is 5.97 Å². The summed E-state index contributed by atoms with van der Waals surface area (Å²) in [4.78, 5) is 10.4. The molecule has 0 spiro atoms. The molecule has 5 heteroatoms. The van der Waals surface area contributed by atoms with Crippen molar-refractivity contribution in [2.24, 2.45) is 0 Å². The zero-order chi connectivity index (χ0) is 17.1. The van der Waals surface area contributed by atoms with E-state index in [1.165, 1.54) is 12.8 Å². The van der Waals surface area contributed by atoms with E-state index in [2.05, 4.69) is 13.0 Å². The van der Waals surface area contributed by atoms with Gasteiger partial charge in [-0.1, -0.05) is 24.3 Å². The predicted octanol–water partition coefficient (Wildman–Crippen LogP) is 2.81. The van der Waals surface area contributed by atoms with E-state index < -0.39 is 18.2 Å². The number of aliphatic hydroxyl groups excluding tert-OH is 2. The number of carboxylic acids is 1. The van der Waals surface area contributed by atoms with Crippen LogP contribution in [-0.4, -0.2) is 45.7 Å². The van der Waals surface area contributed by atoms with E-state index in [1.54, 1.807) is 6.08 Å². The molecule has 1 fully saturated rings. The van der Waals surface area contributed by atoms with Crippen LogP contribution in [0.1, 0.15) is 58.3 Å². The number of aliphatic carboxylic acids is 1. The summed E-state index contributed by atoms with van der Waals surface area (Å²) in [6.07, 6.45) is 12.6. The van der Waals surface area contributed by atoms with E-state index in [9.17, 15) is 15.0 Å². The summed E-state index contributed by atoms with van der Waals surface area (Å²) in [6.45, 7) is 2.13. The first-order valence-corrected chi connectivity index (χ1v) is 8.52. The van der Waals surface area contributed by atoms with Crippen LogP contribution < -0.4 is 0 Å². The predicted molar refractivity (Wildman–Crippen MR) is 89.2 cm³/mol. The smallest absolute Gasteiger partial charge is 0.305 e. The number of hydrogen-bond acceptors (Lipinski definition) is 4. The molecule has 4 atom stereocenters. The standard InChI is InChI=1S/C18H30O5/c1-14-8-7-11-17(23-14)10-6-4-2-3-5-9-15(19)12-16(20)13-18(21)22/h2,4-5,9,14-17,19-20H,3,6-8,10-13H2,1H3,(H,21,22)/b4-2-,9-5-/t14-,15+,16+,17+/m1/s1. The Morgan fingerprint density at radius 2 is 2.04 bits per heavy atom. The van der Waals surface area contributed by atoms with Gasteiger partial charge < -0.3 is 20.1 Å². The fourth-order valence-electron chi connectivity index (χ4n) is 2.76. The van der Waals surface area contributed by atoms with Gasteiger partial charge in [-0.2, -0.15) is 0 Å². The van der Waals surface area contributed by atoms with Crippen LogP contribution in [0.2, 0.25) is 0 Å². The summed E-state index contributed by atoms with van der Waals surface area (Å²) < 4.78 is 5.86. The minimum Gasteiger partial charge on any atom is -0.481 e. The second-order valence-corrected chi connectivity index (χ2v) is 6.27. The lowest BCUT2D eigenvalue weighted by atomic mass is 10.0. The minimum absolute atomic E-state index is 0.0454. The molecule has 1 aliphatic rings. The van der Waals surface area contributed by atoms with Gasteiger partial charge in [0, 0.05) is 6.42 Å². The fraction of sp³-hybridized carbons (Fsp3) is 0.722. The Morgan fingerprint density at radius 3 is 2.74 bits per heavy atom. The van der Waals surface area contributed by atoms with Crippen molar-refractivity contribution in [3.63, 3.8) is 0 Å². The number of carbonyl (C=O) groups is 1. The molecule has 1 heterocycles. The number of allylic oxidation sites excluding steroid dienone is 3. The van der Waals surface area contributed by atoms with Crippen LogP contribution in [0.4, 0.5) is 0 Å². The molecule has 1 rings (SSSR count). The van der Waals surface area contributed by atoms with Gasteiger partial charge in [-0.3, -0.25) is 4.79 Å². The van der Waals surface area contributed by atoms with E-state index in [0.29, 0.717) is 18.6 Å². The number of ether oxygens (including phenoxy) is 1. The van der Waals surface area contributed by atoms with Gasteiger partial charge in [0.2, 0.25) is 0 Å². The molecular weight excluding hydrogens is 296 g/mol. The van der Waals surface area contributed by atoms with Crippen LogP contribution in [-0.2, 0) is 9.53 Å². The zero-order valence-corrected chi connectivity index (χ0v) is 13.9. The highest BCUT2D eigenvalue weighted by atomic mass is 16.5. The van der Waals surface area contributed by atoms with Gasteiger partial charge in [-0.25, -0.2) is 0 Å². The highest BCUT2D eigenvalue weighted by molar-refractivity contribution is 5.67. The van der Waals surface area contributed by atoms with Gasteiger partial charge in [0.05, 0.1) is 30.8 Å². The Bertz CT molecular complexity index is 391. The molecular formula is C18H30O5. The van der Waals surface area contributed by atoms with Gasteiger partial charge in [0.25, 0.3) is 0 Å². The van der Waals surface area contributed by atoms with E-state index in [1.807, 2.05) is 12.2 Å². The Hall–Kier alpha value is -1.17. The van der Waals surface area contributed by atoms with Crippen LogP contribution in [0.25, 0.3) is 0 Å². The van der Waals surface area contributed by atoms with E-state index in [4.69, 9.17) is 9.84 Å². The molecule has 0 radical (unpaired) electrons. The van der Waals surface area contributed by atoms with E-state index in [-0.39, 0.29) is 12.8 Å². The summed E-state index contributed by atoms with van der Waals surface area (Å²) in [6, 6.07) is 0. The minimum atomic E-state index is -1.06. The molecule has 132 valence electrons. The first-order valence-electron chi connectivity index (χ1n) is 8.52. The third-order valence-electron chi connectivity index (χ3n) is 3.94. The Morgan fingerprint density at radius 1 is 1.26 bits per heavy atom. The topological polar surface area (TPSA) is 87.0 Å². The maximum atomic E-state index is 10.4. The summed E-state index contributed by atoms with van der Waals surface area (Å²) >= 11 is 0. The molecule has 0 aromatic carbocycles. The first-order chi connectivity index (χ1) is 11.0. The van der Waals surface area contributed by atoms with Crippen molar-refractivity contribution in [1.82, 2.24) is 0 Å². The average Bonchev–Trinajstić information content (AvgIpc) is 2.45. The molecule has 5 nitrogen and oxygen atoms in total. The lowest BCUT2D eigenvalue weighted by molar-refractivity contribution is -0.139. The SMILES string of the molecule is C[C@@H]1CCC[C@H](CC/C=C\C/C=C\[C@H](O)C[C@H](O)CC(=O)O)O1. The molecule has 0 amide bonds. The second-order valence-electron chi connectivity index (χ2n) is 6.27. The Balaban J connectivity index is 2.09. The quantitative estimate of drug-likeness (QED) is 0.537. The summed E-state index contributed by atoms with van der Waals surface area (Å²) in [5.41, 5.74) is 0. The number of aliphatic hydroxyl groups is 2. The number of carboxylic acid groups (broad SMARTS) is 1. The highest BCUT2D eigenvalue weighted by Crippen LogP contribution is 2.21. The lowest BCUT2D eigenvalue weighted by Crippen LogP contribution is -2.25. The van der Waals surface area contributed by atoms with Crippen molar-refractivity contribution in [3.05, 3.63) is 24.3 Å². The highest BCUT2D eigenvalue weighted by Gasteiger charge is 2.17. The summed E-state index contributed by atoms with van der Waals surface area (Å²) in [7, 11) is 0. The fourth-order valence-corrected chi connectivity index (χ4v) is 2.76. The molecule has 0 aromatic heterocycles. The van der Waals surface area contributed by atoms with Crippen molar-refractivity contribution < 1.29 is 24.9 Å². The normalized spacial score (nSPS) is 25.0. The van der Waals surface area contributed by atoms with Crippen molar-refractivity contribution in [2.45, 2.75) is 82.7 Å². The van der Waals surface area contributed by atoms with Gasteiger partial charge in [-0.15, -0.1) is 0 Å². The molecule has 0 unspecified atom stereocenters. The molecule has 1 aliphatic heterocycles. The third-order valence-corrected chi connectivity index (χ3v) is 3.94. The molecule has 0 saturated carbocycles. The van der Waals surface area contributed by atoms with Crippen molar-refractivity contribution in [1.29, 1.82) is 0 Å². The van der Waals surface area contributed by atoms with E-state index >= 15 is 0 Å². The monoisotopic (exact) mass is 326 g/mol. The van der Waals surface area contributed by atoms with Crippen molar-refractivity contribution in [2.75, 3.05) is 0 Å². The van der Waals surface area contributed by atoms with Gasteiger partial charge in [-0.05, 0) is 45.4 Å². The lowest BCUT2D eigenvalue weighted by Gasteiger charge is -2.27. The van der Waals surface area contributed by atoms with Gasteiger partial charge in [0.1, 0.15) is 0 Å². The molecule has 0 aromatic rings.